The summed E-state index contributed by atoms with van der Waals surface area (Å²) in [5.41, 5.74) is 0. The molecule has 9 N–H and O–H groups in total. The number of carbonyl (C=O) groups excluding carboxylic acids is 1. The number of carbonyl (C=O) groups is 1. The third kappa shape index (κ3) is 39.7. The molecule has 14 heteroatoms. The lowest BCUT2D eigenvalue weighted by atomic mass is 9.97. The Kier molecular flexibility index (Phi) is 52.3. The number of unbranched alkanes of at least 4 members (excludes halogenated alkanes) is 45. The van der Waals surface area contributed by atoms with E-state index >= 15 is 0 Å². The fraction of sp³-hybridized carbons (Fsp3) is 0.957. The molecule has 2 fully saturated rings. The minimum atomic E-state index is -1.78. The van der Waals surface area contributed by atoms with E-state index in [1.54, 1.807) is 0 Å². The average Bonchev–Trinajstić information content (AvgIpc) is 3.16. The van der Waals surface area contributed by atoms with Crippen molar-refractivity contribution in [3.05, 3.63) is 12.2 Å². The van der Waals surface area contributed by atoms with E-state index in [-0.39, 0.29) is 12.5 Å². The van der Waals surface area contributed by atoms with E-state index in [9.17, 15) is 45.6 Å². The van der Waals surface area contributed by atoms with Crippen molar-refractivity contribution < 1.29 is 64.6 Å². The Morgan fingerprint density at radius 2 is 0.750 bits per heavy atom. The Morgan fingerprint density at radius 3 is 1.13 bits per heavy atom. The minimum Gasteiger partial charge on any atom is -0.394 e. The highest BCUT2D eigenvalue weighted by atomic mass is 16.7. The van der Waals surface area contributed by atoms with Gasteiger partial charge in [0.2, 0.25) is 5.91 Å². The summed E-state index contributed by atoms with van der Waals surface area (Å²) >= 11 is 0. The molecule has 84 heavy (non-hydrogen) atoms. The predicted molar refractivity (Wildman–Crippen MR) is 342 cm³/mol. The fourth-order valence-corrected chi connectivity index (χ4v) is 12.2. The van der Waals surface area contributed by atoms with Gasteiger partial charge >= 0.3 is 0 Å². The van der Waals surface area contributed by atoms with Crippen molar-refractivity contribution in [3.63, 3.8) is 0 Å². The zero-order valence-corrected chi connectivity index (χ0v) is 54.2. The number of rotatable bonds is 60. The Labute approximate surface area is 514 Å². The molecule has 0 aromatic heterocycles. The number of amides is 1. The van der Waals surface area contributed by atoms with Crippen LogP contribution in [0.5, 0.6) is 0 Å². The lowest BCUT2D eigenvalue weighted by molar-refractivity contribution is -0.359. The van der Waals surface area contributed by atoms with Crippen molar-refractivity contribution in [1.82, 2.24) is 5.32 Å². The van der Waals surface area contributed by atoms with E-state index in [0.29, 0.717) is 12.8 Å². The van der Waals surface area contributed by atoms with Crippen LogP contribution in [0.2, 0.25) is 0 Å². The van der Waals surface area contributed by atoms with Gasteiger partial charge in [-0.3, -0.25) is 4.79 Å². The van der Waals surface area contributed by atoms with Crippen LogP contribution in [0, 0.1) is 0 Å². The molecule has 2 aliphatic heterocycles. The third-order valence-corrected chi connectivity index (χ3v) is 18.0. The number of ether oxygens (including phenoxy) is 4. The summed E-state index contributed by atoms with van der Waals surface area (Å²) in [6.07, 6.45) is 51.0. The van der Waals surface area contributed by atoms with Gasteiger partial charge < -0.3 is 65.1 Å². The molecule has 498 valence electrons. The number of allylic oxidation sites excluding steroid dienone is 2. The van der Waals surface area contributed by atoms with Crippen molar-refractivity contribution in [1.29, 1.82) is 0 Å². The molecule has 0 radical (unpaired) electrons. The van der Waals surface area contributed by atoms with Gasteiger partial charge in [-0.25, -0.2) is 0 Å². The van der Waals surface area contributed by atoms with E-state index in [0.717, 1.165) is 57.8 Å². The van der Waals surface area contributed by atoms with Gasteiger partial charge in [-0.2, -0.15) is 0 Å². The first-order valence-corrected chi connectivity index (χ1v) is 35.9. The highest BCUT2D eigenvalue weighted by molar-refractivity contribution is 5.76. The molecular formula is C70H135NO13. The van der Waals surface area contributed by atoms with Crippen LogP contribution in [0.15, 0.2) is 12.2 Å². The number of aliphatic hydroxyl groups excluding tert-OH is 8. The summed E-state index contributed by atoms with van der Waals surface area (Å²) in [4.78, 5) is 13.3. The molecule has 12 atom stereocenters. The van der Waals surface area contributed by atoms with Crippen molar-refractivity contribution in [2.75, 3.05) is 19.8 Å². The summed E-state index contributed by atoms with van der Waals surface area (Å²) < 4.78 is 22.9. The first kappa shape index (κ1) is 78.8. The summed E-state index contributed by atoms with van der Waals surface area (Å²) in [5, 5.41) is 87.6. The topological polar surface area (TPSA) is 228 Å². The summed E-state index contributed by atoms with van der Waals surface area (Å²) in [6.45, 7) is 2.91. The van der Waals surface area contributed by atoms with E-state index in [1.807, 2.05) is 0 Å². The zero-order valence-electron chi connectivity index (χ0n) is 54.2. The van der Waals surface area contributed by atoms with E-state index in [4.69, 9.17) is 18.9 Å². The van der Waals surface area contributed by atoms with Gasteiger partial charge in [0.05, 0.1) is 32.0 Å². The summed E-state index contributed by atoms with van der Waals surface area (Å²) in [6, 6.07) is -0.830. The van der Waals surface area contributed by atoms with Gasteiger partial charge in [0.1, 0.15) is 48.8 Å². The molecule has 2 aliphatic rings. The molecule has 14 nitrogen and oxygen atoms in total. The van der Waals surface area contributed by atoms with Crippen LogP contribution in [0.1, 0.15) is 335 Å². The van der Waals surface area contributed by atoms with Crippen molar-refractivity contribution in [2.24, 2.45) is 0 Å². The molecule has 0 bridgehead atoms. The SMILES string of the molecule is CCCCCCCCC/C=C\CCCCCCCCCC(=O)NC(COC1OC(CO)C(OC2OC(CO)C(O)C(O)C2O)C(O)C1O)C(O)CCCCCCCCCCCCCCCCCCCCCCCCCCCCCCCCCC. The number of hydrogen-bond donors (Lipinski definition) is 9. The van der Waals surface area contributed by atoms with Gasteiger partial charge in [-0.1, -0.05) is 302 Å². The highest BCUT2D eigenvalue weighted by Gasteiger charge is 2.51. The fourth-order valence-electron chi connectivity index (χ4n) is 12.2. The molecule has 2 heterocycles. The van der Waals surface area contributed by atoms with Gasteiger partial charge in [0, 0.05) is 6.42 Å². The van der Waals surface area contributed by atoms with Crippen LogP contribution in [0.4, 0.5) is 0 Å². The van der Waals surface area contributed by atoms with E-state index in [2.05, 4.69) is 31.3 Å². The molecule has 0 aliphatic carbocycles. The first-order valence-electron chi connectivity index (χ1n) is 35.9. The molecule has 0 aromatic rings. The van der Waals surface area contributed by atoms with Gasteiger partial charge in [0.25, 0.3) is 0 Å². The van der Waals surface area contributed by atoms with Crippen LogP contribution in [-0.2, 0) is 23.7 Å². The van der Waals surface area contributed by atoms with E-state index in [1.165, 1.54) is 250 Å². The van der Waals surface area contributed by atoms with Gasteiger partial charge in [-0.15, -0.1) is 0 Å². The van der Waals surface area contributed by atoms with Crippen LogP contribution >= 0.6 is 0 Å². The van der Waals surface area contributed by atoms with Gasteiger partial charge in [-0.05, 0) is 38.5 Å². The zero-order chi connectivity index (χ0) is 60.9. The Bertz CT molecular complexity index is 1460. The molecule has 0 aromatic carbocycles. The van der Waals surface area contributed by atoms with E-state index < -0.39 is 86.8 Å². The second-order valence-corrected chi connectivity index (χ2v) is 25.7. The Balaban J connectivity index is 1.63. The maximum Gasteiger partial charge on any atom is 0.220 e. The largest absolute Gasteiger partial charge is 0.394 e. The van der Waals surface area contributed by atoms with Gasteiger partial charge in [0.15, 0.2) is 12.6 Å². The number of hydrogen-bond acceptors (Lipinski definition) is 13. The number of nitrogens with one attached hydrogen (secondary N) is 1. The van der Waals surface area contributed by atoms with Crippen LogP contribution < -0.4 is 5.32 Å². The standard InChI is InChI=1S/C70H135NO13/c1-3-5-7-9-11-13-15-17-19-21-23-24-25-26-27-28-29-30-31-32-33-34-35-36-37-39-41-43-45-47-49-51-53-59(74)58(71-62(75)54-52-50-48-46-44-42-40-38-22-20-18-16-14-12-10-8-6-4-2)57-81-69-67(80)65(78)68(61(56-73)83-69)84-70-66(79)64(77)63(76)60(55-72)82-70/h20,22,58-61,63-70,72-74,76-80H,3-19,21,23-57H2,1-2H3,(H,71,75)/b22-20-. The smallest absolute Gasteiger partial charge is 0.220 e. The second-order valence-electron chi connectivity index (χ2n) is 25.7. The summed E-state index contributed by atoms with van der Waals surface area (Å²) in [5.74, 6) is -0.205. The van der Waals surface area contributed by atoms with Crippen molar-refractivity contribution in [3.8, 4) is 0 Å². The highest BCUT2D eigenvalue weighted by Crippen LogP contribution is 2.30. The van der Waals surface area contributed by atoms with Crippen LogP contribution in [0.3, 0.4) is 0 Å². The molecule has 12 unspecified atom stereocenters. The second kappa shape index (κ2) is 55.8. The maximum absolute atomic E-state index is 13.3. The monoisotopic (exact) mass is 1200 g/mol. The molecule has 0 spiro atoms. The van der Waals surface area contributed by atoms with Crippen molar-refractivity contribution in [2.45, 2.75) is 408 Å². The quantitative estimate of drug-likeness (QED) is 0.0204. The number of aliphatic hydroxyl groups is 8. The van der Waals surface area contributed by atoms with Crippen molar-refractivity contribution >= 4 is 5.91 Å². The third-order valence-electron chi connectivity index (χ3n) is 18.0. The molecule has 2 saturated heterocycles. The molecule has 2 rings (SSSR count). The first-order chi connectivity index (χ1) is 41.1. The normalized spacial score (nSPS) is 23.6. The van der Waals surface area contributed by atoms with Crippen LogP contribution in [0.25, 0.3) is 0 Å². The lowest BCUT2D eigenvalue weighted by Crippen LogP contribution is -2.65. The Morgan fingerprint density at radius 1 is 0.417 bits per heavy atom. The lowest BCUT2D eigenvalue weighted by Gasteiger charge is -2.46. The summed E-state index contributed by atoms with van der Waals surface area (Å²) in [7, 11) is 0. The Hall–Kier alpha value is -1.27. The molecule has 0 saturated carbocycles. The molecule has 1 amide bonds. The predicted octanol–water partition coefficient (Wildman–Crippen LogP) is 14.6. The minimum absolute atomic E-state index is 0.205. The molecular weight excluding hydrogens is 1060 g/mol. The average molecular weight is 1200 g/mol. The van der Waals surface area contributed by atoms with Crippen LogP contribution in [-0.4, -0.2) is 140 Å². The maximum atomic E-state index is 13.3.